The van der Waals surface area contributed by atoms with Gasteiger partial charge in [-0.3, -0.25) is 9.11 Å². The van der Waals surface area contributed by atoms with Gasteiger partial charge in [0.2, 0.25) is 0 Å². The number of hydrogen-bond donors (Lipinski definition) is 3. The molecule has 0 fully saturated rings. The molecule has 19 heavy (non-hydrogen) atoms. The van der Waals surface area contributed by atoms with Gasteiger partial charge in [0.25, 0.3) is 0 Å². The molecule has 0 radical (unpaired) electrons. The molecule has 0 amide bonds. The Morgan fingerprint density at radius 3 is 1.21 bits per heavy atom. The Morgan fingerprint density at radius 1 is 0.842 bits per heavy atom. The van der Waals surface area contributed by atoms with Crippen molar-refractivity contribution in [2.75, 3.05) is 0 Å². The minimum Gasteiger partial charge on any atom is -0.325 e. The summed E-state index contributed by atoms with van der Waals surface area (Å²) in [5, 5.41) is 0. The molecule has 0 saturated heterocycles. The molecule has 118 valence electrons. The highest BCUT2D eigenvalue weighted by Crippen LogP contribution is 2.24. The van der Waals surface area contributed by atoms with Crippen molar-refractivity contribution in [1.82, 2.24) is 0 Å². The minimum atomic E-state index is -4.67. The van der Waals surface area contributed by atoms with E-state index in [2.05, 4.69) is 20.8 Å². The van der Waals surface area contributed by atoms with Gasteiger partial charge in [-0.2, -0.15) is 8.42 Å². The van der Waals surface area contributed by atoms with Gasteiger partial charge < -0.3 is 5.73 Å². The van der Waals surface area contributed by atoms with Crippen molar-refractivity contribution >= 4 is 10.4 Å². The van der Waals surface area contributed by atoms with Crippen molar-refractivity contribution in [2.45, 2.75) is 84.1 Å². The fourth-order valence-electron chi connectivity index (χ4n) is 1.96. The molecule has 0 saturated carbocycles. The Balaban J connectivity index is 0. The highest BCUT2D eigenvalue weighted by Gasteiger charge is 2.22. The van der Waals surface area contributed by atoms with Crippen molar-refractivity contribution < 1.29 is 17.5 Å². The van der Waals surface area contributed by atoms with Gasteiger partial charge in [-0.1, -0.05) is 59.3 Å². The molecule has 5 nitrogen and oxygen atoms in total. The lowest BCUT2D eigenvalue weighted by Crippen LogP contribution is -2.39. The summed E-state index contributed by atoms with van der Waals surface area (Å²) in [4.78, 5) is 0. The molecule has 0 rings (SSSR count). The number of nitrogens with two attached hydrogens (primary N) is 1. The van der Waals surface area contributed by atoms with Crippen LogP contribution in [0.25, 0.3) is 0 Å². The number of hydrogen-bond acceptors (Lipinski definition) is 3. The highest BCUT2D eigenvalue weighted by molar-refractivity contribution is 7.79. The van der Waals surface area contributed by atoms with Crippen LogP contribution in [-0.4, -0.2) is 23.1 Å². The monoisotopic (exact) mass is 297 g/mol. The normalized spacial score (nSPS) is 11.9. The summed E-state index contributed by atoms with van der Waals surface area (Å²) in [7, 11) is -4.67. The molecule has 0 aromatic heterocycles. The molecular formula is C13H31NO4S. The first kappa shape index (κ1) is 21.1. The molecule has 4 N–H and O–H groups in total. The molecule has 0 atom stereocenters. The second kappa shape index (κ2) is 11.6. The SMILES string of the molecule is CCCCC(N)(CCCC)CCCC.O=S(=O)(O)O. The van der Waals surface area contributed by atoms with Crippen LogP contribution in [0.15, 0.2) is 0 Å². The van der Waals surface area contributed by atoms with E-state index in [0.29, 0.717) is 0 Å². The van der Waals surface area contributed by atoms with Gasteiger partial charge >= 0.3 is 10.4 Å². The quantitative estimate of drug-likeness (QED) is 0.564. The van der Waals surface area contributed by atoms with Crippen molar-refractivity contribution in [3.8, 4) is 0 Å². The van der Waals surface area contributed by atoms with Crippen LogP contribution in [0.5, 0.6) is 0 Å². The Bertz CT molecular complexity index is 261. The lowest BCUT2D eigenvalue weighted by atomic mass is 9.84. The zero-order chi connectivity index (χ0) is 15.4. The van der Waals surface area contributed by atoms with Crippen LogP contribution in [0.4, 0.5) is 0 Å². The van der Waals surface area contributed by atoms with Crippen molar-refractivity contribution in [2.24, 2.45) is 5.73 Å². The smallest absolute Gasteiger partial charge is 0.325 e. The molecule has 0 aromatic carbocycles. The topological polar surface area (TPSA) is 101 Å². The Hall–Kier alpha value is -0.170. The van der Waals surface area contributed by atoms with Gasteiger partial charge in [-0.25, -0.2) is 0 Å². The third-order valence-electron chi connectivity index (χ3n) is 3.08. The molecule has 0 bridgehead atoms. The molecule has 0 unspecified atom stereocenters. The number of rotatable bonds is 9. The van der Waals surface area contributed by atoms with E-state index < -0.39 is 10.4 Å². The lowest BCUT2D eigenvalue weighted by molar-refractivity contribution is 0.312. The Morgan fingerprint density at radius 2 is 1.05 bits per heavy atom. The van der Waals surface area contributed by atoms with Crippen LogP contribution in [0.1, 0.15) is 78.6 Å². The third-order valence-corrected chi connectivity index (χ3v) is 3.08. The summed E-state index contributed by atoms with van der Waals surface area (Å²) >= 11 is 0. The standard InChI is InChI=1S/C13H29N.H2O4S/c1-4-7-10-13(14,11-8-5-2)12-9-6-3;1-5(2,3)4/h4-12,14H2,1-3H3;(H2,1,2,3,4). The highest BCUT2D eigenvalue weighted by atomic mass is 32.3. The average Bonchev–Trinajstić information content (AvgIpc) is 2.30. The molecule has 0 aliphatic carbocycles. The molecule has 0 spiro atoms. The van der Waals surface area contributed by atoms with Crippen molar-refractivity contribution in [3.63, 3.8) is 0 Å². The fraction of sp³-hybridized carbons (Fsp3) is 1.00. The maximum atomic E-state index is 8.74. The third kappa shape index (κ3) is 20.3. The predicted octanol–water partition coefficient (Wildman–Crippen LogP) is 3.60. The van der Waals surface area contributed by atoms with Crippen LogP contribution >= 0.6 is 0 Å². The van der Waals surface area contributed by atoms with Crippen molar-refractivity contribution in [1.29, 1.82) is 0 Å². The zero-order valence-electron chi connectivity index (χ0n) is 12.6. The summed E-state index contributed by atoms with van der Waals surface area (Å²) < 4.78 is 31.6. The first-order valence-electron chi connectivity index (χ1n) is 7.17. The van der Waals surface area contributed by atoms with Crippen LogP contribution < -0.4 is 5.73 Å². The van der Waals surface area contributed by atoms with Crippen LogP contribution in [0.2, 0.25) is 0 Å². The largest absolute Gasteiger partial charge is 0.394 e. The second-order valence-corrected chi connectivity index (χ2v) is 6.02. The number of unbranched alkanes of at least 4 members (excludes halogenated alkanes) is 3. The summed E-state index contributed by atoms with van der Waals surface area (Å²) in [5.74, 6) is 0. The van der Waals surface area contributed by atoms with Crippen LogP contribution in [-0.2, 0) is 10.4 Å². The summed E-state index contributed by atoms with van der Waals surface area (Å²) in [6.07, 6.45) is 11.4. The van der Waals surface area contributed by atoms with Crippen molar-refractivity contribution in [3.05, 3.63) is 0 Å². The molecule has 0 heterocycles. The van der Waals surface area contributed by atoms with E-state index in [-0.39, 0.29) is 5.54 Å². The summed E-state index contributed by atoms with van der Waals surface area (Å²) in [6, 6.07) is 0. The first-order valence-corrected chi connectivity index (χ1v) is 8.57. The van der Waals surface area contributed by atoms with E-state index in [4.69, 9.17) is 23.3 Å². The van der Waals surface area contributed by atoms with E-state index in [0.717, 1.165) is 0 Å². The maximum absolute atomic E-state index is 8.74. The lowest BCUT2D eigenvalue weighted by Gasteiger charge is -2.29. The van der Waals surface area contributed by atoms with E-state index in [1.54, 1.807) is 0 Å². The summed E-state index contributed by atoms with van der Waals surface area (Å²) in [6.45, 7) is 6.75. The van der Waals surface area contributed by atoms with Crippen LogP contribution in [0, 0.1) is 0 Å². The molecular weight excluding hydrogens is 266 g/mol. The predicted molar refractivity (Wildman–Crippen MR) is 79.7 cm³/mol. The van der Waals surface area contributed by atoms with Gasteiger partial charge in [0.1, 0.15) is 0 Å². The maximum Gasteiger partial charge on any atom is 0.394 e. The van der Waals surface area contributed by atoms with Gasteiger partial charge in [-0.05, 0) is 19.3 Å². The van der Waals surface area contributed by atoms with Crippen LogP contribution in [0.3, 0.4) is 0 Å². The minimum absolute atomic E-state index is 0.155. The Kier molecular flexibility index (Phi) is 12.9. The van der Waals surface area contributed by atoms with Gasteiger partial charge in [-0.15, -0.1) is 0 Å². The summed E-state index contributed by atoms with van der Waals surface area (Å²) in [5.41, 5.74) is 6.61. The first-order chi connectivity index (χ1) is 8.68. The molecule has 6 heteroatoms. The van der Waals surface area contributed by atoms with E-state index in [1.807, 2.05) is 0 Å². The zero-order valence-corrected chi connectivity index (χ0v) is 13.4. The van der Waals surface area contributed by atoms with Gasteiger partial charge in [0.05, 0.1) is 0 Å². The van der Waals surface area contributed by atoms with Gasteiger partial charge in [0, 0.05) is 5.54 Å². The van der Waals surface area contributed by atoms with E-state index in [1.165, 1.54) is 57.8 Å². The fourth-order valence-corrected chi connectivity index (χ4v) is 1.96. The Labute approximate surface area is 118 Å². The van der Waals surface area contributed by atoms with E-state index >= 15 is 0 Å². The average molecular weight is 297 g/mol. The molecule has 0 aromatic rings. The molecule has 0 aliphatic rings. The van der Waals surface area contributed by atoms with E-state index in [9.17, 15) is 0 Å². The van der Waals surface area contributed by atoms with Gasteiger partial charge in [0.15, 0.2) is 0 Å². The molecule has 0 aliphatic heterocycles. The second-order valence-electron chi connectivity index (χ2n) is 5.12.